The van der Waals surface area contributed by atoms with E-state index in [1.54, 1.807) is 74.5 Å². The normalized spacial score (nSPS) is 11.5. The van der Waals surface area contributed by atoms with Crippen LogP contribution in [0.4, 0.5) is 11.4 Å². The number of benzene rings is 6. The van der Waals surface area contributed by atoms with Crippen LogP contribution >= 0.6 is 22.6 Å². The van der Waals surface area contributed by atoms with Crippen molar-refractivity contribution in [3.05, 3.63) is 190 Å². The lowest BCUT2D eigenvalue weighted by Gasteiger charge is -2.19. The van der Waals surface area contributed by atoms with Gasteiger partial charge in [-0.05, 0) is 190 Å². The SMILES string of the molecule is C/C(=N\OCc1ccc([N+](=O)[O-])cc1)c1cc(O)c(C)cc1-c1ccc(CC(=O)OC(C)(C)C)cc1.C/C(=N\OCc1ccc([N+](=O)[O-])cc1)c1cc(O)c(C)cc1I.CC(C)(C)OC(=O)Cc1ccc(B(O)O)cc1. The number of halogens is 1. The Morgan fingerprint density at radius 3 is 1.34 bits per heavy atom. The standard InChI is InChI=1S/C28H30N2O6.C16H15IN2O4.C12H17BO4/c1-18-14-25(22-10-6-20(7-11-22)15-27(32)36-28(3,4)5)24(16-26(18)31)19(2)29-35-17-21-8-12-23(13-9-21)30(33)34;1-10-7-15(17)14(8-16(10)20)11(2)18-23-9-12-3-5-13(6-4-12)19(21)22;1-12(2,3)17-11(14)8-9-4-6-10(7-5-9)13(15)16/h6-14,16,31H,15,17H2,1-5H3;3-8,20H,9H2,1-2H3;4-7,15-16H,8H2,1-3H3/b29-19+;18-11+;. The largest absolute Gasteiger partial charge is 0.508 e. The maximum Gasteiger partial charge on any atom is 0.488 e. The Balaban J connectivity index is 0.000000267. The maximum atomic E-state index is 12.1. The van der Waals surface area contributed by atoms with Gasteiger partial charge in [-0.1, -0.05) is 58.8 Å². The minimum atomic E-state index is -1.48. The molecule has 0 aliphatic heterocycles. The number of aromatic hydroxyl groups is 2. The van der Waals surface area contributed by atoms with Crippen LogP contribution in [0.3, 0.4) is 0 Å². The molecule has 18 nitrogen and oxygen atoms in total. The molecule has 0 radical (unpaired) electrons. The molecule has 6 rings (SSSR count). The van der Waals surface area contributed by atoms with Gasteiger partial charge in [-0.2, -0.15) is 0 Å². The third kappa shape index (κ3) is 20.2. The smallest absolute Gasteiger partial charge is 0.488 e. The first-order chi connectivity index (χ1) is 35.6. The number of nitro benzene ring substituents is 2. The van der Waals surface area contributed by atoms with Crippen LogP contribution in [-0.4, -0.2) is 71.8 Å². The van der Waals surface area contributed by atoms with Crippen molar-refractivity contribution < 1.29 is 58.8 Å². The van der Waals surface area contributed by atoms with E-state index < -0.39 is 28.2 Å². The molecular weight excluding hydrogens is 1090 g/mol. The first-order valence-corrected chi connectivity index (χ1v) is 24.8. The summed E-state index contributed by atoms with van der Waals surface area (Å²) in [6, 6.07) is 33.3. The zero-order valence-electron chi connectivity index (χ0n) is 44.0. The van der Waals surface area contributed by atoms with Crippen molar-refractivity contribution in [3.63, 3.8) is 0 Å². The monoisotopic (exact) mass is 1150 g/mol. The number of aryl methyl sites for hydroxylation is 2. The number of carbonyl (C=O) groups is 2. The third-order valence-corrected chi connectivity index (χ3v) is 11.5. The first kappa shape index (κ1) is 60.9. The Labute approximate surface area is 455 Å². The van der Waals surface area contributed by atoms with Gasteiger partial charge in [0, 0.05) is 39.0 Å². The lowest BCUT2D eigenvalue weighted by molar-refractivity contribution is -0.385. The number of oxime groups is 2. The molecule has 0 spiro atoms. The highest BCUT2D eigenvalue weighted by Crippen LogP contribution is 2.32. The second-order valence-electron chi connectivity index (χ2n) is 19.4. The third-order valence-electron chi connectivity index (χ3n) is 10.6. The van der Waals surface area contributed by atoms with E-state index in [1.807, 2.05) is 91.8 Å². The summed E-state index contributed by atoms with van der Waals surface area (Å²) in [5.41, 5.74) is 8.54. The van der Waals surface area contributed by atoms with Crippen LogP contribution in [-0.2, 0) is 54.8 Å². The summed E-state index contributed by atoms with van der Waals surface area (Å²) in [4.78, 5) is 54.9. The number of phenolic OH excluding ortho intramolecular Hbond substituents is 2. The minimum Gasteiger partial charge on any atom is -0.508 e. The van der Waals surface area contributed by atoms with Gasteiger partial charge < -0.3 is 39.4 Å². The van der Waals surface area contributed by atoms with Gasteiger partial charge in [-0.3, -0.25) is 29.8 Å². The number of esters is 2. The Morgan fingerprint density at radius 1 is 0.579 bits per heavy atom. The van der Waals surface area contributed by atoms with Gasteiger partial charge in [0.05, 0.1) is 34.1 Å². The van der Waals surface area contributed by atoms with Crippen LogP contribution in [0.1, 0.15) is 99.9 Å². The Kier molecular flexibility index (Phi) is 22.2. The Hall–Kier alpha value is -7.69. The summed E-state index contributed by atoms with van der Waals surface area (Å²) in [6.07, 6.45) is 0.356. The van der Waals surface area contributed by atoms with Crippen molar-refractivity contribution in [2.24, 2.45) is 10.3 Å². The summed E-state index contributed by atoms with van der Waals surface area (Å²) >= 11 is 2.18. The van der Waals surface area contributed by atoms with Gasteiger partial charge in [-0.25, -0.2) is 0 Å². The second kappa shape index (κ2) is 27.7. The Bertz CT molecular complexity index is 3020. The van der Waals surface area contributed by atoms with E-state index in [4.69, 9.17) is 29.2 Å². The van der Waals surface area contributed by atoms with Gasteiger partial charge >= 0.3 is 19.1 Å². The molecule has 0 aromatic heterocycles. The summed E-state index contributed by atoms with van der Waals surface area (Å²) in [5.74, 6) is -0.232. The molecule has 0 amide bonds. The molecule has 0 saturated heterocycles. The number of non-ortho nitro benzene ring substituents is 2. The Morgan fingerprint density at radius 2 is 0.947 bits per heavy atom. The first-order valence-electron chi connectivity index (χ1n) is 23.7. The molecule has 0 heterocycles. The lowest BCUT2D eigenvalue weighted by atomic mass is 9.80. The van der Waals surface area contributed by atoms with Gasteiger partial charge in [0.15, 0.2) is 0 Å². The number of hydrogen-bond acceptors (Lipinski definition) is 16. The molecule has 0 aliphatic rings. The maximum absolute atomic E-state index is 12.1. The number of phenols is 2. The fraction of sp³-hybridized carbons (Fsp3) is 0.286. The topological polar surface area (TPSA) is 263 Å². The van der Waals surface area contributed by atoms with Crippen LogP contribution in [0.5, 0.6) is 11.5 Å². The van der Waals surface area contributed by atoms with Crippen LogP contribution in [0, 0.1) is 37.6 Å². The molecule has 4 N–H and O–H groups in total. The molecule has 0 aliphatic carbocycles. The van der Waals surface area contributed by atoms with E-state index in [0.29, 0.717) is 28.0 Å². The molecule has 0 saturated carbocycles. The minimum absolute atomic E-state index is 0.00955. The van der Waals surface area contributed by atoms with Crippen LogP contribution in [0.15, 0.2) is 132 Å². The number of rotatable bonds is 16. The van der Waals surface area contributed by atoms with Crippen LogP contribution in [0.2, 0.25) is 0 Å². The van der Waals surface area contributed by atoms with Crippen molar-refractivity contribution in [3.8, 4) is 22.6 Å². The highest BCUT2D eigenvalue weighted by atomic mass is 127. The summed E-state index contributed by atoms with van der Waals surface area (Å²) in [6.45, 7) is 18.5. The molecule has 20 heteroatoms. The fourth-order valence-electron chi connectivity index (χ4n) is 6.80. The quantitative estimate of drug-likeness (QED) is 0.0175. The summed E-state index contributed by atoms with van der Waals surface area (Å²) < 4.78 is 11.5. The molecule has 76 heavy (non-hydrogen) atoms. The number of nitro groups is 2. The molecule has 6 aromatic rings. The summed E-state index contributed by atoms with van der Waals surface area (Å²) in [5, 5.41) is 67.6. The molecule has 0 bridgehead atoms. The number of carbonyl (C=O) groups excluding carboxylic acids is 2. The zero-order valence-corrected chi connectivity index (χ0v) is 46.1. The highest BCUT2D eigenvalue weighted by molar-refractivity contribution is 14.1. The van der Waals surface area contributed by atoms with Crippen molar-refractivity contribution in [1.29, 1.82) is 0 Å². The second-order valence-corrected chi connectivity index (χ2v) is 20.6. The number of hydrogen-bond donors (Lipinski definition) is 4. The van der Waals surface area contributed by atoms with E-state index in [9.17, 15) is 40.0 Å². The molecule has 400 valence electrons. The van der Waals surface area contributed by atoms with Crippen molar-refractivity contribution >= 4 is 69.9 Å². The molecular formula is C56H62BIN4O14. The average Bonchev–Trinajstić information content (AvgIpc) is 3.33. The van der Waals surface area contributed by atoms with Crippen molar-refractivity contribution in [1.82, 2.24) is 0 Å². The number of ether oxygens (including phenoxy) is 2. The van der Waals surface area contributed by atoms with E-state index in [-0.39, 0.29) is 60.9 Å². The number of nitrogens with zero attached hydrogens (tertiary/aromatic N) is 4. The van der Waals surface area contributed by atoms with E-state index in [2.05, 4.69) is 32.9 Å². The van der Waals surface area contributed by atoms with E-state index in [1.165, 1.54) is 24.3 Å². The zero-order chi connectivity index (χ0) is 56.5. The molecule has 0 unspecified atom stereocenters. The van der Waals surface area contributed by atoms with E-state index in [0.717, 1.165) is 48.1 Å². The van der Waals surface area contributed by atoms with Gasteiger partial charge in [0.25, 0.3) is 11.4 Å². The van der Waals surface area contributed by atoms with Crippen molar-refractivity contribution in [2.45, 2.75) is 106 Å². The predicted molar refractivity (Wildman–Crippen MR) is 299 cm³/mol. The predicted octanol–water partition coefficient (Wildman–Crippen LogP) is 10.5. The highest BCUT2D eigenvalue weighted by Gasteiger charge is 2.19. The van der Waals surface area contributed by atoms with Gasteiger partial charge in [-0.15, -0.1) is 0 Å². The van der Waals surface area contributed by atoms with Gasteiger partial charge in [0.1, 0.15) is 35.9 Å². The molecule has 0 atom stereocenters. The average molecular weight is 1150 g/mol. The fourth-order valence-corrected chi connectivity index (χ4v) is 7.82. The summed E-state index contributed by atoms with van der Waals surface area (Å²) in [7, 11) is -1.48. The van der Waals surface area contributed by atoms with Crippen molar-refractivity contribution in [2.75, 3.05) is 0 Å². The van der Waals surface area contributed by atoms with Gasteiger partial charge in [0.2, 0.25) is 0 Å². The lowest BCUT2D eigenvalue weighted by Crippen LogP contribution is -2.29. The molecule has 6 aromatic carbocycles. The molecule has 0 fully saturated rings. The van der Waals surface area contributed by atoms with E-state index >= 15 is 0 Å². The van der Waals surface area contributed by atoms with Crippen LogP contribution < -0.4 is 5.46 Å². The van der Waals surface area contributed by atoms with Crippen LogP contribution in [0.25, 0.3) is 11.1 Å².